The lowest BCUT2D eigenvalue weighted by molar-refractivity contribution is -0.137. The molecule has 0 aromatic heterocycles. The normalized spacial score (nSPS) is 15.4. The van der Waals surface area contributed by atoms with E-state index in [0.29, 0.717) is 31.3 Å². The highest BCUT2D eigenvalue weighted by atomic mass is 19.4. The largest absolute Gasteiger partial charge is 0.416 e. The minimum atomic E-state index is -4.71. The highest BCUT2D eigenvalue weighted by molar-refractivity contribution is 5.90. The zero-order valence-electron chi connectivity index (χ0n) is 20.5. The molecule has 3 aromatic rings. The van der Waals surface area contributed by atoms with Gasteiger partial charge in [-0.25, -0.2) is 4.39 Å². The molecule has 2 amide bonds. The molecule has 6 nitrogen and oxygen atoms in total. The number of benzene rings is 3. The second kappa shape index (κ2) is 11.6. The molecular weight excluding hydrogens is 500 g/mol. The van der Waals surface area contributed by atoms with Crippen molar-refractivity contribution in [1.82, 2.24) is 10.2 Å². The van der Waals surface area contributed by atoms with Gasteiger partial charge in [-0.2, -0.15) is 13.2 Å². The molecule has 0 spiro atoms. The van der Waals surface area contributed by atoms with E-state index in [1.807, 2.05) is 42.5 Å². The van der Waals surface area contributed by atoms with Crippen LogP contribution in [-0.2, 0) is 22.3 Å². The molecule has 1 saturated heterocycles. The van der Waals surface area contributed by atoms with Crippen LogP contribution in [0.5, 0.6) is 0 Å². The van der Waals surface area contributed by atoms with Gasteiger partial charge in [0.25, 0.3) is 0 Å². The van der Waals surface area contributed by atoms with Gasteiger partial charge >= 0.3 is 6.18 Å². The number of amides is 2. The van der Waals surface area contributed by atoms with Crippen LogP contribution in [0.2, 0.25) is 0 Å². The van der Waals surface area contributed by atoms with Crippen molar-refractivity contribution < 1.29 is 27.2 Å². The number of anilines is 1. The zero-order chi connectivity index (χ0) is 27.3. The van der Waals surface area contributed by atoms with Crippen LogP contribution in [0.15, 0.2) is 72.8 Å². The Morgan fingerprint density at radius 3 is 2.39 bits per heavy atom. The van der Waals surface area contributed by atoms with E-state index >= 15 is 0 Å². The van der Waals surface area contributed by atoms with Gasteiger partial charge in [0.2, 0.25) is 11.8 Å². The third-order valence-electron chi connectivity index (χ3n) is 6.34. The van der Waals surface area contributed by atoms with Gasteiger partial charge < -0.3 is 20.9 Å². The molecule has 1 heterocycles. The molecule has 1 unspecified atom stereocenters. The van der Waals surface area contributed by atoms with Gasteiger partial charge in [0, 0.05) is 36.9 Å². The van der Waals surface area contributed by atoms with E-state index in [4.69, 9.17) is 5.73 Å². The quantitative estimate of drug-likeness (QED) is 0.430. The SMILES string of the molecule is NC1CCN(C(=O)CN(CC(=O)NCc2cc(F)cc(C(F)(F)F)c2)c2ccccc2-c2ccccc2)C1. The van der Waals surface area contributed by atoms with Crippen molar-refractivity contribution in [2.75, 3.05) is 31.1 Å². The van der Waals surface area contributed by atoms with Crippen molar-refractivity contribution in [3.63, 3.8) is 0 Å². The Kier molecular flexibility index (Phi) is 8.31. The third kappa shape index (κ3) is 6.89. The average molecular weight is 529 g/mol. The fraction of sp³-hybridized carbons (Fsp3) is 0.286. The van der Waals surface area contributed by atoms with Crippen molar-refractivity contribution >= 4 is 17.5 Å². The maximum atomic E-state index is 13.8. The molecule has 0 radical (unpaired) electrons. The minimum Gasteiger partial charge on any atom is -0.352 e. The summed E-state index contributed by atoms with van der Waals surface area (Å²) in [5.41, 5.74) is 7.16. The van der Waals surface area contributed by atoms with E-state index in [-0.39, 0.29) is 37.1 Å². The maximum absolute atomic E-state index is 13.8. The van der Waals surface area contributed by atoms with Crippen molar-refractivity contribution in [2.24, 2.45) is 5.73 Å². The van der Waals surface area contributed by atoms with E-state index in [0.717, 1.165) is 23.3 Å². The Balaban J connectivity index is 1.55. The number of carbonyl (C=O) groups excluding carboxylic acids is 2. The Morgan fingerprint density at radius 2 is 1.71 bits per heavy atom. The molecule has 3 aromatic carbocycles. The van der Waals surface area contributed by atoms with Gasteiger partial charge in [-0.3, -0.25) is 9.59 Å². The maximum Gasteiger partial charge on any atom is 0.416 e. The number of nitrogens with one attached hydrogen (secondary N) is 1. The van der Waals surface area contributed by atoms with E-state index < -0.39 is 23.5 Å². The second-order valence-corrected chi connectivity index (χ2v) is 9.25. The number of rotatable bonds is 8. The van der Waals surface area contributed by atoms with Crippen LogP contribution >= 0.6 is 0 Å². The summed E-state index contributed by atoms with van der Waals surface area (Å²) in [5.74, 6) is -1.76. The predicted molar refractivity (Wildman–Crippen MR) is 137 cm³/mol. The molecule has 0 aliphatic carbocycles. The molecule has 4 rings (SSSR count). The summed E-state index contributed by atoms with van der Waals surface area (Å²) in [6, 6.07) is 18.9. The Labute approximate surface area is 218 Å². The van der Waals surface area contributed by atoms with Crippen molar-refractivity contribution in [1.29, 1.82) is 0 Å². The van der Waals surface area contributed by atoms with E-state index in [1.54, 1.807) is 21.9 Å². The molecule has 1 aliphatic rings. The van der Waals surface area contributed by atoms with Crippen molar-refractivity contribution in [2.45, 2.75) is 25.2 Å². The summed E-state index contributed by atoms with van der Waals surface area (Å²) in [5, 5.41) is 2.55. The first-order chi connectivity index (χ1) is 18.1. The Morgan fingerprint density at radius 1 is 1.00 bits per heavy atom. The molecule has 3 N–H and O–H groups in total. The fourth-order valence-electron chi connectivity index (χ4n) is 4.46. The lowest BCUT2D eigenvalue weighted by Crippen LogP contribution is -2.44. The summed E-state index contributed by atoms with van der Waals surface area (Å²) in [6.45, 7) is 0.323. The van der Waals surface area contributed by atoms with Crippen LogP contribution in [0.3, 0.4) is 0 Å². The highest BCUT2D eigenvalue weighted by Gasteiger charge is 2.31. The van der Waals surface area contributed by atoms with Gasteiger partial charge in [-0.15, -0.1) is 0 Å². The number of hydrogen-bond acceptors (Lipinski definition) is 4. The summed E-state index contributed by atoms with van der Waals surface area (Å²) >= 11 is 0. The molecule has 0 bridgehead atoms. The first kappa shape index (κ1) is 27.1. The standard InChI is InChI=1S/C28H28F4N4O2/c29-22-13-19(12-21(14-22)28(30,31)32)15-34-26(37)17-36(18-27(38)35-11-10-23(33)16-35)25-9-5-4-8-24(25)20-6-2-1-3-7-20/h1-9,12-14,23H,10-11,15-18,33H2,(H,34,37). The van der Waals surface area contributed by atoms with E-state index in [9.17, 15) is 27.2 Å². The lowest BCUT2D eigenvalue weighted by atomic mass is 10.0. The average Bonchev–Trinajstić information content (AvgIpc) is 3.33. The molecule has 10 heteroatoms. The number of alkyl halides is 3. The number of halogens is 4. The molecule has 1 atom stereocenters. The Bertz CT molecular complexity index is 1280. The van der Waals surface area contributed by atoms with E-state index in [1.165, 1.54) is 0 Å². The highest BCUT2D eigenvalue weighted by Crippen LogP contribution is 2.32. The van der Waals surface area contributed by atoms with Crippen LogP contribution in [0, 0.1) is 5.82 Å². The topological polar surface area (TPSA) is 78.7 Å². The Hall–Kier alpha value is -3.92. The second-order valence-electron chi connectivity index (χ2n) is 9.25. The number of carbonyl (C=O) groups is 2. The van der Waals surface area contributed by atoms with Crippen molar-refractivity contribution in [3.05, 3.63) is 89.7 Å². The van der Waals surface area contributed by atoms with Crippen LogP contribution in [0.4, 0.5) is 23.2 Å². The first-order valence-corrected chi connectivity index (χ1v) is 12.2. The van der Waals surface area contributed by atoms with Gasteiger partial charge in [-0.05, 0) is 41.8 Å². The van der Waals surface area contributed by atoms with Gasteiger partial charge in [0.1, 0.15) is 5.82 Å². The van der Waals surface area contributed by atoms with E-state index in [2.05, 4.69) is 5.32 Å². The van der Waals surface area contributed by atoms with Gasteiger partial charge in [0.15, 0.2) is 0 Å². The van der Waals surface area contributed by atoms with Crippen LogP contribution in [0.25, 0.3) is 11.1 Å². The van der Waals surface area contributed by atoms with Crippen LogP contribution in [-0.4, -0.2) is 48.9 Å². The molecular formula is C28H28F4N4O2. The number of hydrogen-bond donors (Lipinski definition) is 2. The number of para-hydroxylation sites is 1. The van der Waals surface area contributed by atoms with Gasteiger partial charge in [0.05, 0.1) is 18.7 Å². The van der Waals surface area contributed by atoms with Crippen LogP contribution in [0.1, 0.15) is 17.5 Å². The minimum absolute atomic E-state index is 0.0240. The summed E-state index contributed by atoms with van der Waals surface area (Å²) in [7, 11) is 0. The molecule has 1 aliphatic heterocycles. The molecule has 1 fully saturated rings. The molecule has 0 saturated carbocycles. The summed E-state index contributed by atoms with van der Waals surface area (Å²) < 4.78 is 52.9. The fourth-order valence-corrected chi connectivity index (χ4v) is 4.46. The third-order valence-corrected chi connectivity index (χ3v) is 6.34. The number of nitrogens with two attached hydrogens (primary N) is 1. The van der Waals surface area contributed by atoms with Crippen LogP contribution < -0.4 is 16.0 Å². The van der Waals surface area contributed by atoms with Gasteiger partial charge in [-0.1, -0.05) is 48.5 Å². The molecule has 200 valence electrons. The molecule has 38 heavy (non-hydrogen) atoms. The smallest absolute Gasteiger partial charge is 0.352 e. The summed E-state index contributed by atoms with van der Waals surface area (Å²) in [6.07, 6.45) is -4.02. The lowest BCUT2D eigenvalue weighted by Gasteiger charge is -2.28. The van der Waals surface area contributed by atoms with Crippen molar-refractivity contribution in [3.8, 4) is 11.1 Å². The zero-order valence-corrected chi connectivity index (χ0v) is 20.5. The number of nitrogens with zero attached hydrogens (tertiary/aromatic N) is 2. The number of likely N-dealkylation sites (tertiary alicyclic amines) is 1. The monoisotopic (exact) mass is 528 g/mol. The predicted octanol–water partition coefficient (Wildman–Crippen LogP) is 4.19. The summed E-state index contributed by atoms with van der Waals surface area (Å²) in [4.78, 5) is 29.4. The first-order valence-electron chi connectivity index (χ1n) is 12.2.